The molecule has 3 rings (SSSR count). The van der Waals surface area contributed by atoms with Crippen LogP contribution in [0.4, 0.5) is 0 Å². The Hall–Kier alpha value is -0.600. The molecule has 1 aromatic heterocycles. The maximum atomic E-state index is 6.14. The third-order valence-electron chi connectivity index (χ3n) is 3.95. The van der Waals surface area contributed by atoms with Gasteiger partial charge >= 0.3 is 0 Å². The molecule has 0 N–H and O–H groups in total. The lowest BCUT2D eigenvalue weighted by molar-refractivity contribution is 0.329. The number of nitrogens with zero attached hydrogens (tertiary/aromatic N) is 2. The summed E-state index contributed by atoms with van der Waals surface area (Å²) in [6.07, 6.45) is 7.58. The van der Waals surface area contributed by atoms with Crippen LogP contribution in [0.2, 0.25) is 5.15 Å². The number of rotatable bonds is 2. The molecule has 0 amide bonds. The largest absolute Gasteiger partial charge is 0.299 e. The van der Waals surface area contributed by atoms with Crippen molar-refractivity contribution < 1.29 is 0 Å². The molecule has 1 aromatic rings. The summed E-state index contributed by atoms with van der Waals surface area (Å²) in [4.78, 5) is 7.04. The van der Waals surface area contributed by atoms with Gasteiger partial charge in [-0.3, -0.25) is 4.90 Å². The number of hydrogen-bond acceptors (Lipinski definition) is 2. The molecule has 0 radical (unpaired) electrons. The molecular formula is C14H19ClN2. The maximum absolute atomic E-state index is 6.14. The van der Waals surface area contributed by atoms with Crippen molar-refractivity contribution in [3.8, 4) is 0 Å². The fraction of sp³-hybridized carbons (Fsp3) is 0.643. The van der Waals surface area contributed by atoms with Crippen molar-refractivity contribution in [1.82, 2.24) is 9.88 Å². The summed E-state index contributed by atoms with van der Waals surface area (Å²) in [6, 6.07) is 2.09. The molecule has 2 heterocycles. The summed E-state index contributed by atoms with van der Waals surface area (Å²) in [7, 11) is 0. The van der Waals surface area contributed by atoms with Gasteiger partial charge in [-0.2, -0.15) is 0 Å². The van der Waals surface area contributed by atoms with Gasteiger partial charge in [0.25, 0.3) is 0 Å². The van der Waals surface area contributed by atoms with Crippen LogP contribution in [-0.2, 0) is 19.4 Å². The average molecular weight is 251 g/mol. The van der Waals surface area contributed by atoms with E-state index in [4.69, 9.17) is 11.6 Å². The zero-order valence-corrected chi connectivity index (χ0v) is 11.0. The van der Waals surface area contributed by atoms with Crippen LogP contribution in [0, 0.1) is 0 Å². The first-order valence-electron chi connectivity index (χ1n) is 6.72. The first kappa shape index (κ1) is 11.5. The molecule has 0 aromatic carbocycles. The molecule has 0 bridgehead atoms. The van der Waals surface area contributed by atoms with Crippen molar-refractivity contribution in [3.05, 3.63) is 28.0 Å². The minimum absolute atomic E-state index is 0.680. The highest BCUT2D eigenvalue weighted by atomic mass is 35.5. The van der Waals surface area contributed by atoms with Gasteiger partial charge in [0.1, 0.15) is 5.15 Å². The number of likely N-dealkylation sites (tertiary alicyclic amines) is 1. The lowest BCUT2D eigenvalue weighted by atomic mass is 9.92. The van der Waals surface area contributed by atoms with Gasteiger partial charge in [0.15, 0.2) is 0 Å². The second-order valence-corrected chi connectivity index (χ2v) is 5.61. The van der Waals surface area contributed by atoms with Crippen molar-refractivity contribution >= 4 is 11.6 Å². The molecule has 0 saturated carbocycles. The fourth-order valence-corrected chi connectivity index (χ4v) is 3.31. The number of pyridine rings is 1. The van der Waals surface area contributed by atoms with Crippen LogP contribution in [0.5, 0.6) is 0 Å². The second-order valence-electron chi connectivity index (χ2n) is 5.22. The lowest BCUT2D eigenvalue weighted by Crippen LogP contribution is -2.21. The SMILES string of the molecule is Clc1cc(CN2CCCC2)c2c(n1)CCCC2. The normalized spacial score (nSPS) is 20.5. The lowest BCUT2D eigenvalue weighted by Gasteiger charge is -2.22. The highest BCUT2D eigenvalue weighted by molar-refractivity contribution is 6.29. The Balaban J connectivity index is 1.88. The Bertz CT molecular complexity index is 411. The number of aryl methyl sites for hydroxylation is 1. The molecule has 2 nitrogen and oxygen atoms in total. The van der Waals surface area contributed by atoms with Gasteiger partial charge in [-0.15, -0.1) is 0 Å². The summed E-state index contributed by atoms with van der Waals surface area (Å²) in [6.45, 7) is 3.56. The monoisotopic (exact) mass is 250 g/mol. The molecule has 1 fully saturated rings. The molecule has 0 atom stereocenters. The van der Waals surface area contributed by atoms with E-state index in [0.717, 1.165) is 13.0 Å². The third-order valence-corrected chi connectivity index (χ3v) is 4.15. The summed E-state index contributed by atoms with van der Waals surface area (Å²) in [5.74, 6) is 0. The van der Waals surface area contributed by atoms with Crippen molar-refractivity contribution in [2.75, 3.05) is 13.1 Å². The Labute approximate surface area is 108 Å². The molecule has 1 saturated heterocycles. The van der Waals surface area contributed by atoms with Crippen LogP contribution in [-0.4, -0.2) is 23.0 Å². The quantitative estimate of drug-likeness (QED) is 0.750. The average Bonchev–Trinajstić information content (AvgIpc) is 2.81. The Morgan fingerprint density at radius 2 is 1.88 bits per heavy atom. The van der Waals surface area contributed by atoms with E-state index in [1.165, 1.54) is 62.0 Å². The number of hydrogen-bond donors (Lipinski definition) is 0. The molecular weight excluding hydrogens is 232 g/mol. The third kappa shape index (κ3) is 2.48. The summed E-state index contributed by atoms with van der Waals surface area (Å²) >= 11 is 6.14. The first-order valence-corrected chi connectivity index (χ1v) is 7.10. The predicted molar refractivity (Wildman–Crippen MR) is 70.4 cm³/mol. The minimum Gasteiger partial charge on any atom is -0.299 e. The summed E-state index contributed by atoms with van der Waals surface area (Å²) in [5, 5.41) is 0.680. The zero-order chi connectivity index (χ0) is 11.7. The van der Waals surface area contributed by atoms with Crippen molar-refractivity contribution in [2.45, 2.75) is 45.1 Å². The molecule has 3 heteroatoms. The van der Waals surface area contributed by atoms with Crippen LogP contribution >= 0.6 is 11.6 Å². The molecule has 0 unspecified atom stereocenters. The molecule has 0 spiro atoms. The van der Waals surface area contributed by atoms with E-state index in [2.05, 4.69) is 16.0 Å². The highest BCUT2D eigenvalue weighted by Crippen LogP contribution is 2.27. The van der Waals surface area contributed by atoms with E-state index in [0.29, 0.717) is 5.15 Å². The van der Waals surface area contributed by atoms with Crippen LogP contribution in [0.15, 0.2) is 6.07 Å². The molecule has 17 heavy (non-hydrogen) atoms. The van der Waals surface area contributed by atoms with Crippen molar-refractivity contribution in [1.29, 1.82) is 0 Å². The van der Waals surface area contributed by atoms with E-state index < -0.39 is 0 Å². The first-order chi connectivity index (χ1) is 8.33. The van der Waals surface area contributed by atoms with E-state index >= 15 is 0 Å². The number of fused-ring (bicyclic) bond motifs is 1. The molecule has 92 valence electrons. The topological polar surface area (TPSA) is 16.1 Å². The van der Waals surface area contributed by atoms with Gasteiger partial charge < -0.3 is 0 Å². The van der Waals surface area contributed by atoms with Crippen LogP contribution in [0.25, 0.3) is 0 Å². The van der Waals surface area contributed by atoms with Gasteiger partial charge in [-0.1, -0.05) is 11.6 Å². The zero-order valence-electron chi connectivity index (χ0n) is 10.2. The van der Waals surface area contributed by atoms with E-state index in [1.807, 2.05) is 0 Å². The van der Waals surface area contributed by atoms with Gasteiger partial charge in [0, 0.05) is 12.2 Å². The van der Waals surface area contributed by atoms with Crippen molar-refractivity contribution in [2.24, 2.45) is 0 Å². The predicted octanol–water partition coefficient (Wildman–Crippen LogP) is 3.21. The van der Waals surface area contributed by atoms with E-state index in [9.17, 15) is 0 Å². The van der Waals surface area contributed by atoms with Crippen LogP contribution in [0.1, 0.15) is 42.5 Å². The van der Waals surface area contributed by atoms with Gasteiger partial charge in [-0.05, 0) is 68.8 Å². The Morgan fingerprint density at radius 1 is 1.12 bits per heavy atom. The second kappa shape index (κ2) is 4.95. The maximum Gasteiger partial charge on any atom is 0.129 e. The smallest absolute Gasteiger partial charge is 0.129 e. The summed E-state index contributed by atoms with van der Waals surface area (Å²) in [5.41, 5.74) is 4.19. The fourth-order valence-electron chi connectivity index (χ4n) is 3.07. The highest BCUT2D eigenvalue weighted by Gasteiger charge is 2.19. The number of aromatic nitrogens is 1. The number of halogens is 1. The molecule has 2 aliphatic rings. The van der Waals surface area contributed by atoms with Crippen LogP contribution < -0.4 is 0 Å². The molecule has 1 aliphatic carbocycles. The summed E-state index contributed by atoms with van der Waals surface area (Å²) < 4.78 is 0. The van der Waals surface area contributed by atoms with Gasteiger partial charge in [0.05, 0.1) is 0 Å². The van der Waals surface area contributed by atoms with Crippen LogP contribution in [0.3, 0.4) is 0 Å². The minimum atomic E-state index is 0.680. The molecule has 1 aliphatic heterocycles. The Morgan fingerprint density at radius 3 is 2.71 bits per heavy atom. The van der Waals surface area contributed by atoms with Gasteiger partial charge in [0.2, 0.25) is 0 Å². The van der Waals surface area contributed by atoms with E-state index in [-0.39, 0.29) is 0 Å². The standard InChI is InChI=1S/C14H19ClN2/c15-14-9-11(10-17-7-3-4-8-17)12-5-1-2-6-13(12)16-14/h9H,1-8,10H2. The van der Waals surface area contributed by atoms with Gasteiger partial charge in [-0.25, -0.2) is 4.98 Å². The van der Waals surface area contributed by atoms with E-state index in [1.54, 1.807) is 0 Å². The Kier molecular flexibility index (Phi) is 3.34. The van der Waals surface area contributed by atoms with Crippen molar-refractivity contribution in [3.63, 3.8) is 0 Å².